The van der Waals surface area contributed by atoms with Crippen LogP contribution in [0, 0.1) is 11.7 Å². The van der Waals surface area contributed by atoms with Gasteiger partial charge in [-0.25, -0.2) is 0 Å². The number of H-pyrrole nitrogens is 1. The van der Waals surface area contributed by atoms with Crippen molar-refractivity contribution >= 4 is 32.8 Å². The Morgan fingerprint density at radius 3 is 2.75 bits per heavy atom. The molecule has 36 heavy (non-hydrogen) atoms. The van der Waals surface area contributed by atoms with E-state index in [0.29, 0.717) is 0 Å². The molecule has 1 N–H and O–H groups in total. The number of nitrogens with one attached hydrogen (secondary N) is 1. The van der Waals surface area contributed by atoms with E-state index < -0.39 is 20.1 Å². The molecular weight excluding hydrogens is 518 g/mol. The molecule has 194 valence electrons. The molecule has 7 heteroatoms. The molecule has 4 rings (SSSR count). The Bertz CT molecular complexity index is 1160. The van der Waals surface area contributed by atoms with Crippen molar-refractivity contribution in [2.75, 3.05) is 13.7 Å². The predicted octanol–water partition coefficient (Wildman–Crippen LogP) is 5.72. The summed E-state index contributed by atoms with van der Waals surface area (Å²) in [6.07, 6.45) is 5.32. The van der Waals surface area contributed by atoms with Crippen molar-refractivity contribution in [1.82, 2.24) is 9.97 Å². The number of aromatic amines is 1. The minimum atomic E-state index is -0.693. The standard InChI is InChI=1S/C29H38AsFN2O3/c1-5-28(20(2)3)23-14-13-22(31)18-21(23)15-16-29(28,36-27(34)19-35-4)30-17-9-8-12-26-32-24-10-6-7-11-25(24)33-26/h6-7,10-11,13-14,18,20,30H,5,8-9,12,15-17,19H2,1-4H3,(H,32,33). The molecule has 0 spiro atoms. The number of aromatic nitrogens is 2. The van der Waals surface area contributed by atoms with Crippen molar-refractivity contribution < 1.29 is 18.7 Å². The third-order valence-electron chi connectivity index (χ3n) is 7.80. The first-order valence-electron chi connectivity index (χ1n) is 13.0. The second-order valence-electron chi connectivity index (χ2n) is 10.1. The number of ether oxygens (including phenoxy) is 2. The summed E-state index contributed by atoms with van der Waals surface area (Å²) in [7, 11) is 1.52. The molecule has 0 saturated carbocycles. The van der Waals surface area contributed by atoms with Crippen molar-refractivity contribution in [3.63, 3.8) is 0 Å². The van der Waals surface area contributed by atoms with E-state index in [1.807, 2.05) is 24.3 Å². The maximum atomic E-state index is 14.1. The first-order valence-corrected chi connectivity index (χ1v) is 15.6. The van der Waals surface area contributed by atoms with Crippen LogP contribution in [0.15, 0.2) is 42.5 Å². The zero-order valence-electron chi connectivity index (χ0n) is 21.8. The Morgan fingerprint density at radius 2 is 2.03 bits per heavy atom. The molecule has 1 heterocycles. The van der Waals surface area contributed by atoms with Gasteiger partial charge >= 0.3 is 221 Å². The van der Waals surface area contributed by atoms with Crippen LogP contribution < -0.4 is 0 Å². The predicted molar refractivity (Wildman–Crippen MR) is 143 cm³/mol. The van der Waals surface area contributed by atoms with Gasteiger partial charge in [-0.3, -0.25) is 0 Å². The van der Waals surface area contributed by atoms with Gasteiger partial charge in [-0.2, -0.15) is 0 Å². The molecular formula is C29H38AsFN2O3. The van der Waals surface area contributed by atoms with E-state index >= 15 is 0 Å². The Balaban J connectivity index is 1.55. The van der Waals surface area contributed by atoms with Gasteiger partial charge < -0.3 is 0 Å². The number of fused-ring (bicyclic) bond motifs is 2. The van der Waals surface area contributed by atoms with Gasteiger partial charge in [0.05, 0.1) is 0 Å². The fourth-order valence-electron chi connectivity index (χ4n) is 6.21. The summed E-state index contributed by atoms with van der Waals surface area (Å²) in [5.41, 5.74) is 3.96. The first kappa shape index (κ1) is 26.9. The summed E-state index contributed by atoms with van der Waals surface area (Å²) in [6.45, 7) is 6.57. The second-order valence-corrected chi connectivity index (χ2v) is 13.6. The van der Waals surface area contributed by atoms with Gasteiger partial charge in [0.2, 0.25) is 0 Å². The number of methoxy groups -OCH3 is 1. The molecule has 0 radical (unpaired) electrons. The van der Waals surface area contributed by atoms with Gasteiger partial charge in [0.25, 0.3) is 0 Å². The monoisotopic (exact) mass is 556 g/mol. The number of carbonyl (C=O) groups is 1. The molecule has 3 unspecified atom stereocenters. The number of hydrogen-bond donors (Lipinski definition) is 1. The Labute approximate surface area is 220 Å². The second kappa shape index (κ2) is 11.5. The van der Waals surface area contributed by atoms with E-state index in [0.717, 1.165) is 71.7 Å². The van der Waals surface area contributed by atoms with Crippen LogP contribution >= 0.6 is 0 Å². The van der Waals surface area contributed by atoms with Crippen LogP contribution in [-0.2, 0) is 32.5 Å². The van der Waals surface area contributed by atoms with Crippen molar-refractivity contribution in [1.29, 1.82) is 0 Å². The number of benzene rings is 2. The molecule has 1 aliphatic carbocycles. The van der Waals surface area contributed by atoms with Gasteiger partial charge in [0.15, 0.2) is 0 Å². The molecule has 0 aliphatic heterocycles. The number of imidazole rings is 1. The van der Waals surface area contributed by atoms with Crippen LogP contribution in [0.4, 0.5) is 4.39 Å². The van der Waals surface area contributed by atoms with Gasteiger partial charge in [0.1, 0.15) is 0 Å². The van der Waals surface area contributed by atoms with Crippen LogP contribution in [0.3, 0.4) is 0 Å². The van der Waals surface area contributed by atoms with Gasteiger partial charge in [-0.05, 0) is 0 Å². The van der Waals surface area contributed by atoms with Crippen LogP contribution in [0.2, 0.25) is 5.21 Å². The third-order valence-corrected chi connectivity index (χ3v) is 11.9. The van der Waals surface area contributed by atoms with Crippen LogP contribution in [0.5, 0.6) is 0 Å². The van der Waals surface area contributed by atoms with Crippen molar-refractivity contribution in [2.45, 2.75) is 74.3 Å². The molecule has 3 atom stereocenters. The summed E-state index contributed by atoms with van der Waals surface area (Å²) in [5.74, 6) is 0.762. The van der Waals surface area contributed by atoms with Gasteiger partial charge in [-0.1, -0.05) is 0 Å². The molecule has 1 aliphatic rings. The minimum absolute atomic E-state index is 0.0475. The average Bonchev–Trinajstić information content (AvgIpc) is 3.27. The number of hydrogen-bond acceptors (Lipinski definition) is 4. The zero-order valence-corrected chi connectivity index (χ0v) is 23.9. The SMILES string of the molecule is CCC1(C(C)C)c2ccc(F)cc2CCC1(OC(=O)COC)[AsH]CCCCc1nc2ccccc2[nH]1. The molecule has 0 saturated heterocycles. The molecule has 0 bridgehead atoms. The summed E-state index contributed by atoms with van der Waals surface area (Å²) in [6, 6.07) is 13.3. The van der Waals surface area contributed by atoms with E-state index in [2.05, 4.69) is 31.8 Å². The number of para-hydroxylation sites is 2. The van der Waals surface area contributed by atoms with Crippen LogP contribution in [0.25, 0.3) is 11.0 Å². The summed E-state index contributed by atoms with van der Waals surface area (Å²) in [4.78, 5) is 21.0. The number of aryl methyl sites for hydroxylation is 2. The number of unbranched alkanes of at least 4 members (excludes halogenated alkanes) is 1. The molecule has 3 aromatic rings. The summed E-state index contributed by atoms with van der Waals surface area (Å²) in [5, 5.41) is 1.06. The number of halogens is 1. The van der Waals surface area contributed by atoms with Crippen LogP contribution in [0.1, 0.15) is 63.4 Å². The third kappa shape index (κ3) is 5.12. The average molecular weight is 557 g/mol. The number of esters is 1. The Kier molecular flexibility index (Phi) is 8.57. The quantitative estimate of drug-likeness (QED) is 0.187. The van der Waals surface area contributed by atoms with Gasteiger partial charge in [-0.15, -0.1) is 0 Å². The van der Waals surface area contributed by atoms with E-state index in [1.165, 1.54) is 7.11 Å². The number of nitrogens with zero attached hydrogens (tertiary/aromatic N) is 1. The molecule has 2 aromatic carbocycles. The zero-order chi connectivity index (χ0) is 25.8. The van der Waals surface area contributed by atoms with Gasteiger partial charge in [0, 0.05) is 0 Å². The van der Waals surface area contributed by atoms with E-state index in [9.17, 15) is 9.18 Å². The fraction of sp³-hybridized carbons (Fsp3) is 0.517. The number of carbonyl (C=O) groups excluding carboxylic acids is 1. The maximum absolute atomic E-state index is 14.1. The Hall–Kier alpha value is -2.17. The van der Waals surface area contributed by atoms with Crippen molar-refractivity contribution in [2.24, 2.45) is 5.92 Å². The van der Waals surface area contributed by atoms with Crippen molar-refractivity contribution in [3.8, 4) is 0 Å². The fourth-order valence-corrected chi connectivity index (χ4v) is 10.9. The first-order chi connectivity index (χ1) is 17.3. The van der Waals surface area contributed by atoms with E-state index in [1.54, 1.807) is 12.1 Å². The molecule has 1 aromatic heterocycles. The number of rotatable bonds is 11. The topological polar surface area (TPSA) is 64.2 Å². The van der Waals surface area contributed by atoms with E-state index in [4.69, 9.17) is 14.5 Å². The van der Waals surface area contributed by atoms with Crippen molar-refractivity contribution in [3.05, 3.63) is 65.2 Å². The molecule has 5 nitrogen and oxygen atoms in total. The Morgan fingerprint density at radius 1 is 1.22 bits per heavy atom. The summed E-state index contributed by atoms with van der Waals surface area (Å²) < 4.78 is 25.2. The molecule has 0 fully saturated rings. The van der Waals surface area contributed by atoms with E-state index in [-0.39, 0.29) is 29.7 Å². The summed E-state index contributed by atoms with van der Waals surface area (Å²) >= 11 is -0.693. The normalized spacial score (nSPS) is 21.9. The van der Waals surface area contributed by atoms with Crippen LogP contribution in [-0.4, -0.2) is 49.8 Å². The molecule has 0 amide bonds.